The van der Waals surface area contributed by atoms with Crippen LogP contribution in [-0.2, 0) is 0 Å². The van der Waals surface area contributed by atoms with Crippen molar-refractivity contribution in [3.05, 3.63) is 81.9 Å². The fourth-order valence-electron chi connectivity index (χ4n) is 4.38. The highest BCUT2D eigenvalue weighted by molar-refractivity contribution is 5.77. The van der Waals surface area contributed by atoms with Crippen molar-refractivity contribution in [1.82, 2.24) is 29.1 Å². The Morgan fingerprint density at radius 2 is 1.77 bits per heavy atom. The number of hydrogen-bond donors (Lipinski definition) is 2. The molecule has 0 saturated heterocycles. The van der Waals surface area contributed by atoms with Crippen molar-refractivity contribution in [2.45, 2.75) is 39.8 Å². The van der Waals surface area contributed by atoms with E-state index in [1.807, 2.05) is 43.7 Å². The standard InChI is InChI=1S/C27H26F3N7O2/c1-13(2)32-27-35-25-23(26(38)37(27)15(4)17-8-18(28)22(30)19(29)9-17)33-24(34-25)16-6-7-20(21(10-16)39-5)36-11-14(3)31-12-36/h6-13,15H,1-5H3,(H,32,35)(H,33,34). The first-order valence-electron chi connectivity index (χ1n) is 12.2. The summed E-state index contributed by atoms with van der Waals surface area (Å²) >= 11 is 0. The van der Waals surface area contributed by atoms with Gasteiger partial charge in [-0.2, -0.15) is 4.98 Å². The molecule has 0 aliphatic heterocycles. The second kappa shape index (κ2) is 9.93. The van der Waals surface area contributed by atoms with Crippen LogP contribution in [0.15, 0.2) is 47.7 Å². The molecule has 12 heteroatoms. The fraction of sp³-hybridized carbons (Fsp3) is 0.259. The molecule has 0 amide bonds. The fourth-order valence-corrected chi connectivity index (χ4v) is 4.38. The number of benzene rings is 2. The van der Waals surface area contributed by atoms with Gasteiger partial charge in [-0.3, -0.25) is 9.36 Å². The highest BCUT2D eigenvalue weighted by Crippen LogP contribution is 2.30. The first-order chi connectivity index (χ1) is 18.6. The van der Waals surface area contributed by atoms with E-state index >= 15 is 0 Å². The number of anilines is 1. The number of aryl methyl sites for hydroxylation is 1. The predicted octanol–water partition coefficient (Wildman–Crippen LogP) is 5.14. The van der Waals surface area contributed by atoms with Crippen molar-refractivity contribution in [2.24, 2.45) is 0 Å². The SMILES string of the molecule is COc1cc(-c2nc3nc(NC(C)C)n(C(C)c4cc(F)c(F)c(F)c4)c(=O)c3[nH]2)ccc1-n1cnc(C)c1. The summed E-state index contributed by atoms with van der Waals surface area (Å²) in [5.74, 6) is -3.17. The van der Waals surface area contributed by atoms with Gasteiger partial charge in [0.2, 0.25) is 5.95 Å². The Kier molecular flexibility index (Phi) is 6.62. The van der Waals surface area contributed by atoms with Crippen LogP contribution in [0.1, 0.15) is 38.1 Å². The van der Waals surface area contributed by atoms with Gasteiger partial charge in [0.15, 0.2) is 28.6 Å². The van der Waals surface area contributed by atoms with Gasteiger partial charge in [-0.15, -0.1) is 0 Å². The third kappa shape index (κ3) is 4.73. The lowest BCUT2D eigenvalue weighted by atomic mass is 10.1. The minimum absolute atomic E-state index is 0.0660. The molecule has 39 heavy (non-hydrogen) atoms. The Balaban J connectivity index is 1.64. The summed E-state index contributed by atoms with van der Waals surface area (Å²) in [4.78, 5) is 30.1. The van der Waals surface area contributed by atoms with Crippen LogP contribution >= 0.6 is 0 Å². The zero-order valence-corrected chi connectivity index (χ0v) is 21.9. The monoisotopic (exact) mass is 537 g/mol. The van der Waals surface area contributed by atoms with Crippen LogP contribution in [0.25, 0.3) is 28.2 Å². The second-order valence-corrected chi connectivity index (χ2v) is 9.48. The average molecular weight is 538 g/mol. The van der Waals surface area contributed by atoms with E-state index < -0.39 is 29.1 Å². The Morgan fingerprint density at radius 3 is 2.38 bits per heavy atom. The number of nitrogens with zero attached hydrogens (tertiary/aromatic N) is 5. The normalized spacial score (nSPS) is 12.3. The van der Waals surface area contributed by atoms with Crippen LogP contribution in [0.4, 0.5) is 19.1 Å². The van der Waals surface area contributed by atoms with Gasteiger partial charge in [0.1, 0.15) is 11.6 Å². The maximum Gasteiger partial charge on any atom is 0.281 e. The Hall–Kier alpha value is -4.61. The van der Waals surface area contributed by atoms with E-state index in [1.165, 1.54) is 4.57 Å². The lowest BCUT2D eigenvalue weighted by molar-refractivity contribution is 0.413. The maximum absolute atomic E-state index is 14.0. The Labute approximate surface area is 221 Å². The van der Waals surface area contributed by atoms with Crippen LogP contribution in [0.2, 0.25) is 0 Å². The van der Waals surface area contributed by atoms with Gasteiger partial charge in [0.05, 0.1) is 30.9 Å². The van der Waals surface area contributed by atoms with Gasteiger partial charge < -0.3 is 19.6 Å². The van der Waals surface area contributed by atoms with Gasteiger partial charge in [0, 0.05) is 17.8 Å². The van der Waals surface area contributed by atoms with Crippen molar-refractivity contribution < 1.29 is 17.9 Å². The van der Waals surface area contributed by atoms with E-state index in [2.05, 4.69) is 25.3 Å². The highest BCUT2D eigenvalue weighted by atomic mass is 19.2. The average Bonchev–Trinajstić information content (AvgIpc) is 3.52. The second-order valence-electron chi connectivity index (χ2n) is 9.48. The van der Waals surface area contributed by atoms with Gasteiger partial charge >= 0.3 is 0 Å². The minimum Gasteiger partial charge on any atom is -0.495 e. The van der Waals surface area contributed by atoms with Crippen molar-refractivity contribution in [1.29, 1.82) is 0 Å². The van der Waals surface area contributed by atoms with Crippen molar-refractivity contribution in [2.75, 3.05) is 12.4 Å². The van der Waals surface area contributed by atoms with Crippen LogP contribution in [0.5, 0.6) is 5.75 Å². The van der Waals surface area contributed by atoms with E-state index in [0.29, 0.717) is 17.1 Å². The van der Waals surface area contributed by atoms with Gasteiger partial charge in [0.25, 0.3) is 5.56 Å². The molecule has 0 aliphatic rings. The topological polar surface area (TPSA) is 103 Å². The predicted molar refractivity (Wildman–Crippen MR) is 141 cm³/mol. The Bertz CT molecular complexity index is 1730. The quantitative estimate of drug-likeness (QED) is 0.279. The molecule has 0 radical (unpaired) electrons. The number of aromatic amines is 1. The number of imidazole rings is 2. The van der Waals surface area contributed by atoms with Crippen LogP contribution in [0.3, 0.4) is 0 Å². The largest absolute Gasteiger partial charge is 0.495 e. The zero-order chi connectivity index (χ0) is 28.0. The van der Waals surface area contributed by atoms with Crippen molar-refractivity contribution >= 4 is 17.1 Å². The molecule has 2 aromatic carbocycles. The van der Waals surface area contributed by atoms with E-state index in [1.54, 1.807) is 26.4 Å². The van der Waals surface area contributed by atoms with E-state index in [9.17, 15) is 18.0 Å². The summed E-state index contributed by atoms with van der Waals surface area (Å²) in [6, 6.07) is 6.17. The number of halogens is 3. The molecular weight excluding hydrogens is 511 g/mol. The lowest BCUT2D eigenvalue weighted by Gasteiger charge is -2.21. The summed E-state index contributed by atoms with van der Waals surface area (Å²) in [6.45, 7) is 7.17. The number of ether oxygens (including phenoxy) is 1. The maximum atomic E-state index is 14.0. The number of aromatic nitrogens is 6. The third-order valence-electron chi connectivity index (χ3n) is 6.29. The van der Waals surface area contributed by atoms with Crippen LogP contribution < -0.4 is 15.6 Å². The molecule has 3 heterocycles. The Morgan fingerprint density at radius 1 is 1.05 bits per heavy atom. The molecule has 0 fully saturated rings. The van der Waals surface area contributed by atoms with Crippen molar-refractivity contribution in [3.63, 3.8) is 0 Å². The minimum atomic E-state index is -1.57. The molecule has 1 unspecified atom stereocenters. The molecule has 5 aromatic rings. The molecule has 0 saturated carbocycles. The van der Waals surface area contributed by atoms with Gasteiger partial charge in [-0.05, 0) is 63.6 Å². The van der Waals surface area contributed by atoms with Crippen LogP contribution in [0, 0.1) is 24.4 Å². The molecular formula is C27H26F3N7O2. The molecule has 1 atom stereocenters. The summed E-state index contributed by atoms with van der Waals surface area (Å²) in [7, 11) is 1.55. The summed E-state index contributed by atoms with van der Waals surface area (Å²) < 4.78 is 50.3. The summed E-state index contributed by atoms with van der Waals surface area (Å²) in [5, 5.41) is 3.10. The highest BCUT2D eigenvalue weighted by Gasteiger charge is 2.23. The van der Waals surface area contributed by atoms with E-state index in [-0.39, 0.29) is 28.7 Å². The first-order valence-corrected chi connectivity index (χ1v) is 12.2. The van der Waals surface area contributed by atoms with Gasteiger partial charge in [-0.1, -0.05) is 0 Å². The third-order valence-corrected chi connectivity index (χ3v) is 6.29. The summed E-state index contributed by atoms with van der Waals surface area (Å²) in [5.41, 5.74) is 2.08. The molecule has 5 rings (SSSR count). The van der Waals surface area contributed by atoms with E-state index in [4.69, 9.17) is 4.74 Å². The number of fused-ring (bicyclic) bond motifs is 1. The van der Waals surface area contributed by atoms with Crippen LogP contribution in [-0.4, -0.2) is 42.2 Å². The molecule has 0 spiro atoms. The summed E-state index contributed by atoms with van der Waals surface area (Å²) in [6.07, 6.45) is 3.55. The number of hydrogen-bond acceptors (Lipinski definition) is 6. The number of H-pyrrole nitrogens is 1. The lowest BCUT2D eigenvalue weighted by Crippen LogP contribution is -2.30. The molecule has 202 valence electrons. The number of methoxy groups -OCH3 is 1. The van der Waals surface area contributed by atoms with Crippen molar-refractivity contribution in [3.8, 4) is 22.8 Å². The number of rotatable bonds is 7. The molecule has 2 N–H and O–H groups in total. The van der Waals surface area contributed by atoms with E-state index in [0.717, 1.165) is 23.5 Å². The van der Waals surface area contributed by atoms with Gasteiger partial charge in [-0.25, -0.2) is 23.1 Å². The molecule has 3 aromatic heterocycles. The first kappa shape index (κ1) is 26.0. The number of nitrogens with one attached hydrogen (secondary N) is 2. The smallest absolute Gasteiger partial charge is 0.281 e. The molecule has 0 aliphatic carbocycles. The molecule has 9 nitrogen and oxygen atoms in total. The zero-order valence-electron chi connectivity index (χ0n) is 21.9. The molecule has 0 bridgehead atoms.